The summed E-state index contributed by atoms with van der Waals surface area (Å²) in [7, 11) is 4.19. The van der Waals surface area contributed by atoms with Gasteiger partial charge in [-0.25, -0.2) is 0 Å². The Morgan fingerprint density at radius 1 is 1.40 bits per heavy atom. The quantitative estimate of drug-likeness (QED) is 0.905. The van der Waals surface area contributed by atoms with Crippen molar-refractivity contribution in [3.63, 3.8) is 0 Å². The molecule has 6 nitrogen and oxygen atoms in total. The lowest BCUT2D eigenvalue weighted by Crippen LogP contribution is -2.45. The standard InChI is InChI=1S/C19H25N4O2/c1-14-18(12-20-21-14)15-5-4-6-17(11-15)25-13-19(24)23-9-7-16(8-10-23)22(2)3/h5-6,11-12,16H,7-10,13H2,1-3H3,(H,20,21). The van der Waals surface area contributed by atoms with E-state index in [4.69, 9.17) is 4.74 Å². The summed E-state index contributed by atoms with van der Waals surface area (Å²) in [5.41, 5.74) is 2.91. The third kappa shape index (κ3) is 4.20. The lowest BCUT2D eigenvalue weighted by Gasteiger charge is -2.35. The van der Waals surface area contributed by atoms with Gasteiger partial charge >= 0.3 is 0 Å². The largest absolute Gasteiger partial charge is 0.484 e. The first-order valence-corrected chi connectivity index (χ1v) is 8.63. The number of rotatable bonds is 5. The highest BCUT2D eigenvalue weighted by atomic mass is 16.5. The Hall–Kier alpha value is -2.34. The molecule has 1 N–H and O–H groups in total. The van der Waals surface area contributed by atoms with Gasteiger partial charge in [-0.05, 0) is 63.7 Å². The molecule has 0 saturated carbocycles. The summed E-state index contributed by atoms with van der Waals surface area (Å²) in [6.45, 7) is 3.60. The van der Waals surface area contributed by atoms with E-state index in [1.807, 2.05) is 30.2 Å². The van der Waals surface area contributed by atoms with Gasteiger partial charge in [-0.1, -0.05) is 0 Å². The van der Waals surface area contributed by atoms with Gasteiger partial charge in [0.05, 0.1) is 5.69 Å². The minimum atomic E-state index is 0.0436. The summed E-state index contributed by atoms with van der Waals surface area (Å²) in [6, 6.07) is 9.19. The van der Waals surface area contributed by atoms with E-state index < -0.39 is 0 Å². The molecule has 25 heavy (non-hydrogen) atoms. The molecule has 1 radical (unpaired) electrons. The smallest absolute Gasteiger partial charge is 0.260 e. The van der Waals surface area contributed by atoms with Gasteiger partial charge in [0.2, 0.25) is 0 Å². The lowest BCUT2D eigenvalue weighted by molar-refractivity contribution is -0.134. The molecule has 0 bridgehead atoms. The van der Waals surface area contributed by atoms with Gasteiger partial charge in [0.25, 0.3) is 5.91 Å². The number of piperidine rings is 1. The Morgan fingerprint density at radius 3 is 2.80 bits per heavy atom. The molecule has 0 unspecified atom stereocenters. The van der Waals surface area contributed by atoms with Crippen molar-refractivity contribution in [1.29, 1.82) is 0 Å². The molecule has 1 aromatic carbocycles. The number of likely N-dealkylation sites (tertiary alicyclic amines) is 1. The van der Waals surface area contributed by atoms with Gasteiger partial charge in [0.15, 0.2) is 6.61 Å². The highest BCUT2D eigenvalue weighted by molar-refractivity contribution is 5.78. The minimum Gasteiger partial charge on any atom is -0.484 e. The zero-order valence-electron chi connectivity index (χ0n) is 15.1. The van der Waals surface area contributed by atoms with Crippen LogP contribution >= 0.6 is 0 Å². The number of amides is 1. The van der Waals surface area contributed by atoms with Crippen LogP contribution < -0.4 is 4.74 Å². The van der Waals surface area contributed by atoms with Crippen molar-refractivity contribution in [2.45, 2.75) is 25.8 Å². The maximum Gasteiger partial charge on any atom is 0.260 e. The number of nitrogens with one attached hydrogen (secondary N) is 1. The third-order valence-corrected chi connectivity index (χ3v) is 4.81. The second-order valence-corrected chi connectivity index (χ2v) is 6.71. The van der Waals surface area contributed by atoms with Crippen LogP contribution in [-0.4, -0.2) is 65.7 Å². The van der Waals surface area contributed by atoms with Crippen molar-refractivity contribution < 1.29 is 9.53 Å². The number of aromatic nitrogens is 2. The summed E-state index contributed by atoms with van der Waals surface area (Å²) in [4.78, 5) is 16.5. The summed E-state index contributed by atoms with van der Waals surface area (Å²) in [5.74, 6) is 0.691. The van der Waals surface area contributed by atoms with E-state index in [1.54, 1.807) is 6.07 Å². The van der Waals surface area contributed by atoms with Crippen molar-refractivity contribution in [3.8, 4) is 16.9 Å². The van der Waals surface area contributed by atoms with E-state index >= 15 is 0 Å². The summed E-state index contributed by atoms with van der Waals surface area (Å²) >= 11 is 0. The molecule has 1 aromatic heterocycles. The number of H-pyrrole nitrogens is 1. The van der Waals surface area contributed by atoms with E-state index in [2.05, 4.69) is 35.3 Å². The van der Waals surface area contributed by atoms with E-state index in [9.17, 15) is 4.79 Å². The summed E-state index contributed by atoms with van der Waals surface area (Å²) < 4.78 is 5.71. The average molecular weight is 341 g/mol. The fourth-order valence-electron chi connectivity index (χ4n) is 3.21. The number of hydrogen-bond acceptors (Lipinski definition) is 4. The first kappa shape index (κ1) is 17.5. The van der Waals surface area contributed by atoms with E-state index in [0.29, 0.717) is 11.8 Å². The Balaban J connectivity index is 1.55. The number of nitrogens with zero attached hydrogens (tertiary/aromatic N) is 3. The van der Waals surface area contributed by atoms with Crippen molar-refractivity contribution in [2.24, 2.45) is 0 Å². The molecule has 1 amide bonds. The Morgan fingerprint density at radius 2 is 2.16 bits per heavy atom. The predicted octanol–water partition coefficient (Wildman–Crippen LogP) is 2.12. The van der Waals surface area contributed by atoms with Gasteiger partial charge in [-0.2, -0.15) is 5.10 Å². The number of ether oxygens (including phenoxy) is 1. The van der Waals surface area contributed by atoms with E-state index in [1.165, 1.54) is 0 Å². The predicted molar refractivity (Wildman–Crippen MR) is 96.4 cm³/mol. The first-order valence-electron chi connectivity index (χ1n) is 8.63. The van der Waals surface area contributed by atoms with Crippen LogP contribution in [0.2, 0.25) is 0 Å². The minimum absolute atomic E-state index is 0.0436. The Bertz CT molecular complexity index is 718. The highest BCUT2D eigenvalue weighted by Gasteiger charge is 2.24. The van der Waals surface area contributed by atoms with Crippen LogP contribution in [0.4, 0.5) is 0 Å². The van der Waals surface area contributed by atoms with E-state index in [0.717, 1.165) is 42.8 Å². The van der Waals surface area contributed by atoms with Crippen LogP contribution in [0, 0.1) is 13.0 Å². The Labute approximate surface area is 148 Å². The Kier molecular flexibility index (Phi) is 5.38. The number of hydrogen-bond donors (Lipinski definition) is 1. The molecular weight excluding hydrogens is 316 g/mol. The maximum atomic E-state index is 12.4. The van der Waals surface area contributed by atoms with Crippen molar-refractivity contribution in [2.75, 3.05) is 33.8 Å². The molecule has 1 saturated heterocycles. The number of carbonyl (C=O) groups excluding carboxylic acids is 1. The van der Waals surface area contributed by atoms with Crippen molar-refractivity contribution in [1.82, 2.24) is 20.0 Å². The lowest BCUT2D eigenvalue weighted by atomic mass is 10.0. The van der Waals surface area contributed by atoms with Crippen molar-refractivity contribution >= 4 is 5.91 Å². The molecule has 0 atom stereocenters. The molecule has 1 aliphatic heterocycles. The van der Waals surface area contributed by atoms with Gasteiger partial charge in [0.1, 0.15) is 5.75 Å². The zero-order valence-corrected chi connectivity index (χ0v) is 15.1. The number of carbonyl (C=O) groups is 1. The molecule has 1 fully saturated rings. The van der Waals surface area contributed by atoms with Crippen LogP contribution in [0.5, 0.6) is 5.75 Å². The molecule has 2 heterocycles. The zero-order chi connectivity index (χ0) is 17.8. The highest BCUT2D eigenvalue weighted by Crippen LogP contribution is 2.25. The van der Waals surface area contributed by atoms with E-state index in [-0.39, 0.29) is 12.5 Å². The fraction of sp³-hybridized carbons (Fsp3) is 0.474. The second-order valence-electron chi connectivity index (χ2n) is 6.71. The average Bonchev–Trinajstić information content (AvgIpc) is 3.06. The van der Waals surface area contributed by atoms with Crippen LogP contribution in [0.3, 0.4) is 0 Å². The first-order chi connectivity index (χ1) is 12.0. The van der Waals surface area contributed by atoms with Crippen LogP contribution in [0.15, 0.2) is 24.4 Å². The SMILES string of the molecule is Cc1n[nH]cc1-c1c[c]cc(OCC(=O)N2CCC(N(C)C)CC2)c1. The van der Waals surface area contributed by atoms with Gasteiger partial charge in [0, 0.05) is 30.9 Å². The molecule has 1 aliphatic rings. The van der Waals surface area contributed by atoms with Crippen LogP contribution in [-0.2, 0) is 4.79 Å². The molecule has 0 aliphatic carbocycles. The second kappa shape index (κ2) is 7.70. The molecule has 3 rings (SSSR count). The van der Waals surface area contributed by atoms with Gasteiger partial charge in [-0.15, -0.1) is 0 Å². The normalized spacial score (nSPS) is 15.6. The molecule has 133 valence electrons. The van der Waals surface area contributed by atoms with Gasteiger partial charge < -0.3 is 14.5 Å². The number of aromatic amines is 1. The number of benzene rings is 1. The molecule has 6 heteroatoms. The number of aryl methyl sites for hydroxylation is 1. The maximum absolute atomic E-state index is 12.4. The molecule has 0 spiro atoms. The van der Waals surface area contributed by atoms with Crippen LogP contribution in [0.25, 0.3) is 11.1 Å². The fourth-order valence-corrected chi connectivity index (χ4v) is 3.21. The van der Waals surface area contributed by atoms with Crippen LogP contribution in [0.1, 0.15) is 18.5 Å². The molecular formula is C19H25N4O2. The topological polar surface area (TPSA) is 61.5 Å². The van der Waals surface area contributed by atoms with Gasteiger partial charge in [-0.3, -0.25) is 9.89 Å². The monoisotopic (exact) mass is 341 g/mol. The molecule has 2 aromatic rings. The summed E-state index contributed by atoms with van der Waals surface area (Å²) in [6.07, 6.45) is 3.88. The summed E-state index contributed by atoms with van der Waals surface area (Å²) in [5, 5.41) is 6.98. The van der Waals surface area contributed by atoms with Crippen molar-refractivity contribution in [3.05, 3.63) is 36.2 Å². The third-order valence-electron chi connectivity index (χ3n) is 4.81.